The van der Waals surface area contributed by atoms with Crippen molar-refractivity contribution in [3.05, 3.63) is 72.8 Å². The highest BCUT2D eigenvalue weighted by atomic mass is 32.1. The van der Waals surface area contributed by atoms with Crippen LogP contribution in [-0.2, 0) is 6.61 Å². The summed E-state index contributed by atoms with van der Waals surface area (Å²) in [5.41, 5.74) is -1.61. The molecule has 0 saturated carbocycles. The molecule has 0 unspecified atom stereocenters. The lowest BCUT2D eigenvalue weighted by atomic mass is 10.2. The van der Waals surface area contributed by atoms with Crippen LogP contribution < -0.4 is 30.2 Å². The molecule has 12 heteroatoms. The predicted octanol–water partition coefficient (Wildman–Crippen LogP) is 2.94. The number of ether oxygens (including phenoxy) is 4. The van der Waals surface area contributed by atoms with Gasteiger partial charge in [-0.25, -0.2) is 18.5 Å². The van der Waals surface area contributed by atoms with E-state index in [0.717, 1.165) is 23.5 Å². The molecule has 180 valence electrons. The third kappa shape index (κ3) is 3.87. The average Bonchev–Trinajstić information content (AvgIpc) is 3.28. The van der Waals surface area contributed by atoms with Crippen molar-refractivity contribution >= 4 is 28.2 Å². The maximum absolute atomic E-state index is 15.0. The van der Waals surface area contributed by atoms with Crippen molar-refractivity contribution in [1.82, 2.24) is 9.55 Å². The van der Waals surface area contributed by atoms with Gasteiger partial charge in [0.1, 0.15) is 24.7 Å². The first-order chi connectivity index (χ1) is 16.9. The number of rotatable bonds is 6. The van der Waals surface area contributed by atoms with Gasteiger partial charge in [-0.15, -0.1) is 11.3 Å². The maximum Gasteiger partial charge on any atom is 0.346 e. The second-order valence-corrected chi connectivity index (χ2v) is 8.29. The summed E-state index contributed by atoms with van der Waals surface area (Å²) in [6.07, 6.45) is 0. The zero-order valence-electron chi connectivity index (χ0n) is 18.1. The van der Waals surface area contributed by atoms with Gasteiger partial charge in [-0.3, -0.25) is 4.79 Å². The van der Waals surface area contributed by atoms with E-state index in [9.17, 15) is 19.5 Å². The Hall–Kier alpha value is -4.32. The summed E-state index contributed by atoms with van der Waals surface area (Å²) in [6, 6.07) is 7.44. The average molecular weight is 500 g/mol. The highest BCUT2D eigenvalue weighted by Gasteiger charge is 2.23. The first-order valence-electron chi connectivity index (χ1n) is 10.3. The second kappa shape index (κ2) is 8.80. The van der Waals surface area contributed by atoms with Crippen molar-refractivity contribution in [2.75, 3.05) is 20.3 Å². The van der Waals surface area contributed by atoms with E-state index in [4.69, 9.17) is 18.9 Å². The summed E-state index contributed by atoms with van der Waals surface area (Å²) in [5.74, 6) is -1.11. The van der Waals surface area contributed by atoms with Crippen LogP contribution in [0.3, 0.4) is 0 Å². The molecule has 10 nitrogen and oxygen atoms in total. The van der Waals surface area contributed by atoms with Gasteiger partial charge in [0, 0.05) is 23.1 Å². The number of thiophene rings is 1. The fraction of sp³-hybridized carbons (Fsp3) is 0.174. The third-order valence-corrected chi connectivity index (χ3v) is 6.32. The van der Waals surface area contributed by atoms with Crippen LogP contribution in [0.15, 0.2) is 45.3 Å². The van der Waals surface area contributed by atoms with Gasteiger partial charge in [0.25, 0.3) is 5.56 Å². The monoisotopic (exact) mass is 500 g/mol. The number of nitrogens with one attached hydrogen (secondary N) is 1. The first-order valence-corrected chi connectivity index (χ1v) is 11.1. The van der Waals surface area contributed by atoms with Gasteiger partial charge in [-0.1, -0.05) is 12.1 Å². The van der Waals surface area contributed by atoms with Crippen LogP contribution in [0.25, 0.3) is 16.6 Å². The van der Waals surface area contributed by atoms with Gasteiger partial charge >= 0.3 is 11.7 Å². The summed E-state index contributed by atoms with van der Waals surface area (Å²) < 4.78 is 37.9. The summed E-state index contributed by atoms with van der Waals surface area (Å²) in [4.78, 5) is 39.5. The minimum Gasteiger partial charge on any atom is -0.493 e. The molecule has 0 atom stereocenters. The van der Waals surface area contributed by atoms with Crippen molar-refractivity contribution in [3.63, 3.8) is 0 Å². The minimum atomic E-state index is -1.34. The number of aromatic amines is 1. The number of carboxylic acids is 1. The topological polar surface area (TPSA) is 129 Å². The lowest BCUT2D eigenvalue weighted by molar-refractivity contribution is 0.0704. The van der Waals surface area contributed by atoms with Gasteiger partial charge in [0.15, 0.2) is 28.8 Å². The number of aromatic carboxylic acids is 1. The zero-order valence-corrected chi connectivity index (χ0v) is 18.9. The van der Waals surface area contributed by atoms with Crippen molar-refractivity contribution in [2.24, 2.45) is 0 Å². The van der Waals surface area contributed by atoms with E-state index in [2.05, 4.69) is 4.98 Å². The predicted molar refractivity (Wildman–Crippen MR) is 123 cm³/mol. The molecule has 0 bridgehead atoms. The van der Waals surface area contributed by atoms with Crippen LogP contribution in [-0.4, -0.2) is 41.0 Å². The Kier molecular flexibility index (Phi) is 5.65. The molecule has 5 rings (SSSR count). The van der Waals surface area contributed by atoms with Crippen LogP contribution in [0.1, 0.15) is 15.2 Å². The van der Waals surface area contributed by atoms with Gasteiger partial charge in [0.05, 0.1) is 23.7 Å². The largest absolute Gasteiger partial charge is 0.493 e. The Balaban J connectivity index is 1.59. The zero-order chi connectivity index (χ0) is 24.7. The highest BCUT2D eigenvalue weighted by Crippen LogP contribution is 2.36. The molecule has 0 aliphatic carbocycles. The molecule has 1 aliphatic heterocycles. The quantitative estimate of drug-likeness (QED) is 0.414. The molecule has 2 N–H and O–H groups in total. The van der Waals surface area contributed by atoms with E-state index in [0.29, 0.717) is 34.8 Å². The lowest BCUT2D eigenvalue weighted by Crippen LogP contribution is -2.34. The van der Waals surface area contributed by atoms with E-state index in [1.165, 1.54) is 12.5 Å². The smallest absolute Gasteiger partial charge is 0.346 e. The van der Waals surface area contributed by atoms with Gasteiger partial charge < -0.3 is 29.0 Å². The number of H-pyrrole nitrogens is 1. The van der Waals surface area contributed by atoms with Gasteiger partial charge in [-0.2, -0.15) is 0 Å². The number of aromatic nitrogens is 2. The molecule has 2 aromatic carbocycles. The third-order valence-electron chi connectivity index (χ3n) is 5.35. The fourth-order valence-electron chi connectivity index (χ4n) is 3.78. The van der Waals surface area contributed by atoms with Crippen LogP contribution in [0.2, 0.25) is 0 Å². The number of carboxylic acid groups (broad SMARTS) is 1. The second-order valence-electron chi connectivity index (χ2n) is 7.41. The molecular weight excluding hydrogens is 483 g/mol. The Morgan fingerprint density at radius 1 is 1.23 bits per heavy atom. The van der Waals surface area contributed by atoms with Crippen LogP contribution in [0, 0.1) is 5.82 Å². The summed E-state index contributed by atoms with van der Waals surface area (Å²) in [5, 5.41) is 10.5. The number of carbonyl (C=O) groups is 1. The fourth-order valence-corrected chi connectivity index (χ4v) is 4.61. The number of para-hydroxylation sites is 1. The van der Waals surface area contributed by atoms with Crippen molar-refractivity contribution in [2.45, 2.75) is 6.61 Å². The van der Waals surface area contributed by atoms with E-state index in [1.54, 1.807) is 18.2 Å². The summed E-state index contributed by atoms with van der Waals surface area (Å²) in [6.45, 7) is 0.795. The van der Waals surface area contributed by atoms with Crippen LogP contribution in [0.4, 0.5) is 4.39 Å². The molecule has 0 fully saturated rings. The first kappa shape index (κ1) is 22.5. The number of fused-ring (bicyclic) bond motifs is 2. The van der Waals surface area contributed by atoms with Crippen LogP contribution >= 0.6 is 11.3 Å². The number of methoxy groups -OCH3 is 1. The Morgan fingerprint density at radius 3 is 2.80 bits per heavy atom. The lowest BCUT2D eigenvalue weighted by Gasteiger charge is -2.21. The maximum atomic E-state index is 15.0. The molecule has 0 amide bonds. The standard InChI is InChI=1S/C23H17FN2O8S/c1-31-16-7-12(24)14(26-21(27)18-13(25-23(26)30)10-35-20(18)22(28)29)8-17(16)34-9-11-3-2-4-15-19(11)33-6-5-32-15/h2-4,7-8,10H,5-6,9H2,1H3,(H,25,30)(H,28,29). The molecular formula is C23H17FN2O8S. The number of benzene rings is 2. The van der Waals surface area contributed by atoms with Crippen molar-refractivity contribution in [1.29, 1.82) is 0 Å². The number of hydrogen-bond acceptors (Lipinski definition) is 8. The molecule has 3 heterocycles. The molecule has 0 radical (unpaired) electrons. The molecule has 35 heavy (non-hydrogen) atoms. The Morgan fingerprint density at radius 2 is 2.03 bits per heavy atom. The Bertz CT molecular complexity index is 1590. The minimum absolute atomic E-state index is 0.00799. The summed E-state index contributed by atoms with van der Waals surface area (Å²) in [7, 11) is 1.32. The Labute approximate surface area is 199 Å². The van der Waals surface area contributed by atoms with E-state index in [-0.39, 0.29) is 33.9 Å². The summed E-state index contributed by atoms with van der Waals surface area (Å²) >= 11 is 0.785. The molecule has 0 spiro atoms. The molecule has 2 aromatic heterocycles. The number of hydrogen-bond donors (Lipinski definition) is 2. The van der Waals surface area contributed by atoms with Gasteiger partial charge in [-0.05, 0) is 6.07 Å². The van der Waals surface area contributed by atoms with E-state index in [1.807, 2.05) is 0 Å². The number of nitrogens with zero attached hydrogens (tertiary/aromatic N) is 1. The molecule has 0 saturated heterocycles. The van der Waals surface area contributed by atoms with Crippen molar-refractivity contribution in [3.8, 4) is 28.7 Å². The van der Waals surface area contributed by atoms with Crippen molar-refractivity contribution < 1.29 is 33.2 Å². The SMILES string of the molecule is COc1cc(F)c(-n2c(=O)[nH]c3csc(C(=O)O)c3c2=O)cc1OCc1cccc2c1OCCO2. The molecule has 1 aliphatic rings. The normalized spacial score (nSPS) is 12.5. The van der Waals surface area contributed by atoms with Crippen LogP contribution in [0.5, 0.6) is 23.0 Å². The van der Waals surface area contributed by atoms with E-state index < -0.39 is 28.7 Å². The highest BCUT2D eigenvalue weighted by molar-refractivity contribution is 7.13. The molecule has 4 aromatic rings. The number of halogens is 1. The van der Waals surface area contributed by atoms with Gasteiger partial charge in [0.2, 0.25) is 0 Å². The van der Waals surface area contributed by atoms with E-state index >= 15 is 4.39 Å².